The second-order valence-electron chi connectivity index (χ2n) is 4.64. The van der Waals surface area contributed by atoms with Crippen molar-refractivity contribution in [3.05, 3.63) is 54.1 Å². The number of carboxylic acids is 1. The zero-order chi connectivity index (χ0) is 17.5. The Morgan fingerprint density at radius 2 is 1.71 bits per heavy atom. The maximum Gasteiger partial charge on any atom is 0.337 e. The number of Topliss-reactive ketones (excluding diaryl/α,β-unsaturated/α-hetero) is 1. The highest BCUT2D eigenvalue weighted by Gasteiger charge is 2.10. The first-order valence-corrected chi connectivity index (χ1v) is 6.85. The van der Waals surface area contributed by atoms with Crippen molar-refractivity contribution in [3.8, 4) is 5.75 Å². The third kappa shape index (κ3) is 4.23. The summed E-state index contributed by atoms with van der Waals surface area (Å²) >= 11 is 0. The number of carboxylic acid groups (broad SMARTS) is 1. The van der Waals surface area contributed by atoms with Gasteiger partial charge in [0, 0.05) is 6.92 Å². The second-order valence-corrected chi connectivity index (χ2v) is 4.64. The Hall–Kier alpha value is -3.55. The molecule has 0 fully saturated rings. The number of amidine groups is 1. The number of nitrogens with one attached hydrogen (secondary N) is 1. The first-order chi connectivity index (χ1) is 11.5. The number of hydrogen-bond donors (Lipinski definition) is 3. The fourth-order valence-electron chi connectivity index (χ4n) is 1.70. The van der Waals surface area contributed by atoms with Crippen molar-refractivity contribution in [1.82, 2.24) is 0 Å². The van der Waals surface area contributed by atoms with E-state index in [0.717, 1.165) is 0 Å². The molecular formula is C16H14N4O4. The van der Waals surface area contributed by atoms with Crippen LogP contribution in [0.4, 0.5) is 11.4 Å². The number of phenolic OH excluding ortho intramolecular Hbond substituents is 1. The Morgan fingerprint density at radius 3 is 2.38 bits per heavy atom. The highest BCUT2D eigenvalue weighted by atomic mass is 16.4. The van der Waals surface area contributed by atoms with Crippen LogP contribution in [0.5, 0.6) is 5.75 Å². The number of ketones is 1. The number of phenols is 1. The number of aromatic carboxylic acids is 1. The standard InChI is InChI=1S/C16H14N4O4/c1-10(21)15(20-18-13-8-4-5-9-14(13)22)19-17-12-7-3-2-6-11(12)16(23)24/h2-9,18,22H,1H3,(H,23,24). The van der Waals surface area contributed by atoms with Gasteiger partial charge in [-0.25, -0.2) is 4.79 Å². The third-order valence-electron chi connectivity index (χ3n) is 2.89. The molecule has 0 bridgehead atoms. The number of carbonyl (C=O) groups excluding carboxylic acids is 1. The normalized spacial score (nSPS) is 11.5. The maximum absolute atomic E-state index is 11.6. The van der Waals surface area contributed by atoms with Crippen molar-refractivity contribution in [2.45, 2.75) is 6.92 Å². The lowest BCUT2D eigenvalue weighted by molar-refractivity contribution is -0.111. The monoisotopic (exact) mass is 326 g/mol. The second kappa shape index (κ2) is 7.63. The fourth-order valence-corrected chi connectivity index (χ4v) is 1.70. The Bertz CT molecular complexity index is 830. The van der Waals surface area contributed by atoms with Crippen molar-refractivity contribution in [2.24, 2.45) is 15.3 Å². The molecule has 0 saturated carbocycles. The van der Waals surface area contributed by atoms with Crippen LogP contribution in [0.2, 0.25) is 0 Å². The lowest BCUT2D eigenvalue weighted by Crippen LogP contribution is -2.09. The molecule has 2 rings (SSSR count). The minimum absolute atomic E-state index is 0.0437. The molecule has 0 aliphatic heterocycles. The average Bonchev–Trinajstić information content (AvgIpc) is 2.56. The third-order valence-corrected chi connectivity index (χ3v) is 2.89. The van der Waals surface area contributed by atoms with Gasteiger partial charge in [-0.3, -0.25) is 10.2 Å². The summed E-state index contributed by atoms with van der Waals surface area (Å²) in [6.45, 7) is 1.24. The van der Waals surface area contributed by atoms with Crippen molar-refractivity contribution in [2.75, 3.05) is 5.43 Å². The summed E-state index contributed by atoms with van der Waals surface area (Å²) < 4.78 is 0. The summed E-state index contributed by atoms with van der Waals surface area (Å²) in [5.41, 5.74) is 2.86. The molecular weight excluding hydrogens is 312 g/mol. The Morgan fingerprint density at radius 1 is 1.04 bits per heavy atom. The smallest absolute Gasteiger partial charge is 0.337 e. The number of benzene rings is 2. The first kappa shape index (κ1) is 16.8. The van der Waals surface area contributed by atoms with Crippen LogP contribution < -0.4 is 5.43 Å². The molecule has 2 aromatic carbocycles. The van der Waals surface area contributed by atoms with Gasteiger partial charge in [-0.2, -0.15) is 0 Å². The van der Waals surface area contributed by atoms with Crippen LogP contribution >= 0.6 is 0 Å². The van der Waals surface area contributed by atoms with Gasteiger partial charge >= 0.3 is 5.97 Å². The van der Waals surface area contributed by atoms with E-state index >= 15 is 0 Å². The quantitative estimate of drug-likeness (QED) is 0.256. The van der Waals surface area contributed by atoms with Gasteiger partial charge in [0.05, 0.1) is 11.3 Å². The molecule has 0 unspecified atom stereocenters. The number of rotatable bonds is 5. The van der Waals surface area contributed by atoms with Crippen LogP contribution in [0, 0.1) is 0 Å². The SMILES string of the molecule is CC(=O)C(N=Nc1ccccc1C(=O)O)=NNc1ccccc1O. The number of carbonyl (C=O) groups is 2. The number of aromatic hydroxyl groups is 1. The summed E-state index contributed by atoms with van der Waals surface area (Å²) in [7, 11) is 0. The number of hydrazone groups is 1. The lowest BCUT2D eigenvalue weighted by atomic mass is 10.2. The van der Waals surface area contributed by atoms with Crippen LogP contribution in [0.25, 0.3) is 0 Å². The molecule has 0 atom stereocenters. The van der Waals surface area contributed by atoms with Gasteiger partial charge in [-0.1, -0.05) is 24.3 Å². The van der Waals surface area contributed by atoms with Gasteiger partial charge in [-0.05, 0) is 24.3 Å². The molecule has 0 heterocycles. The molecule has 3 N–H and O–H groups in total. The number of nitrogens with zero attached hydrogens (tertiary/aromatic N) is 3. The summed E-state index contributed by atoms with van der Waals surface area (Å²) in [6, 6.07) is 12.3. The zero-order valence-electron chi connectivity index (χ0n) is 12.7. The minimum Gasteiger partial charge on any atom is -0.506 e. The molecule has 2 aromatic rings. The summed E-state index contributed by atoms with van der Waals surface area (Å²) in [5, 5.41) is 30.0. The lowest BCUT2D eigenvalue weighted by Gasteiger charge is -2.03. The van der Waals surface area contributed by atoms with E-state index in [2.05, 4.69) is 20.8 Å². The first-order valence-electron chi connectivity index (χ1n) is 6.85. The van der Waals surface area contributed by atoms with Crippen LogP contribution in [0.1, 0.15) is 17.3 Å². The van der Waals surface area contributed by atoms with Crippen LogP contribution in [0.15, 0.2) is 63.9 Å². The van der Waals surface area contributed by atoms with Crippen molar-refractivity contribution >= 4 is 29.0 Å². The highest BCUT2D eigenvalue weighted by molar-refractivity contribution is 6.38. The fraction of sp³-hybridized carbons (Fsp3) is 0.0625. The van der Waals surface area contributed by atoms with Crippen LogP contribution in [-0.2, 0) is 4.79 Å². The highest BCUT2D eigenvalue weighted by Crippen LogP contribution is 2.22. The predicted octanol–water partition coefficient (Wildman–Crippen LogP) is 3.19. The maximum atomic E-state index is 11.6. The number of anilines is 1. The van der Waals surface area contributed by atoms with E-state index in [9.17, 15) is 14.7 Å². The molecule has 8 nitrogen and oxygen atoms in total. The van der Waals surface area contributed by atoms with Gasteiger partial charge in [-0.15, -0.1) is 15.3 Å². The Labute approximate surface area is 137 Å². The topological polar surface area (TPSA) is 124 Å². The van der Waals surface area contributed by atoms with Crippen LogP contribution in [0.3, 0.4) is 0 Å². The number of para-hydroxylation sites is 2. The van der Waals surface area contributed by atoms with Gasteiger partial charge < -0.3 is 10.2 Å². The Balaban J connectivity index is 2.26. The molecule has 0 aromatic heterocycles. The van der Waals surface area contributed by atoms with Gasteiger partial charge in [0.25, 0.3) is 0 Å². The van der Waals surface area contributed by atoms with Gasteiger partial charge in [0.15, 0.2) is 0 Å². The van der Waals surface area contributed by atoms with E-state index in [1.165, 1.54) is 25.1 Å². The predicted molar refractivity (Wildman–Crippen MR) is 87.8 cm³/mol. The van der Waals surface area contributed by atoms with E-state index in [0.29, 0.717) is 0 Å². The summed E-state index contributed by atoms with van der Waals surface area (Å²) in [6.07, 6.45) is 0. The summed E-state index contributed by atoms with van der Waals surface area (Å²) in [4.78, 5) is 22.7. The molecule has 24 heavy (non-hydrogen) atoms. The molecule has 0 amide bonds. The van der Waals surface area contributed by atoms with Crippen LogP contribution in [-0.4, -0.2) is 27.8 Å². The van der Waals surface area contributed by atoms with Crippen molar-refractivity contribution < 1.29 is 19.8 Å². The van der Waals surface area contributed by atoms with E-state index in [-0.39, 0.29) is 28.5 Å². The zero-order valence-corrected chi connectivity index (χ0v) is 12.7. The van der Waals surface area contributed by atoms with E-state index in [1.54, 1.807) is 30.3 Å². The molecule has 0 saturated heterocycles. The van der Waals surface area contributed by atoms with E-state index < -0.39 is 11.8 Å². The molecule has 0 aliphatic rings. The number of azo groups is 1. The minimum atomic E-state index is -1.15. The van der Waals surface area contributed by atoms with Gasteiger partial charge in [0.2, 0.25) is 11.6 Å². The molecule has 0 radical (unpaired) electrons. The van der Waals surface area contributed by atoms with E-state index in [1.807, 2.05) is 0 Å². The summed E-state index contributed by atoms with van der Waals surface area (Å²) in [5.74, 6) is -1.94. The Kier molecular flexibility index (Phi) is 5.35. The van der Waals surface area contributed by atoms with Crippen molar-refractivity contribution in [1.29, 1.82) is 0 Å². The number of hydrogen-bond acceptors (Lipinski definition) is 6. The molecule has 0 aliphatic carbocycles. The largest absolute Gasteiger partial charge is 0.506 e. The average molecular weight is 326 g/mol. The van der Waals surface area contributed by atoms with Gasteiger partial charge in [0.1, 0.15) is 11.4 Å². The molecule has 122 valence electrons. The van der Waals surface area contributed by atoms with E-state index in [4.69, 9.17) is 5.11 Å². The van der Waals surface area contributed by atoms with Crippen molar-refractivity contribution in [3.63, 3.8) is 0 Å². The molecule has 0 spiro atoms. The molecule has 8 heteroatoms.